The van der Waals surface area contributed by atoms with E-state index in [1.807, 2.05) is 0 Å². The van der Waals surface area contributed by atoms with Crippen molar-refractivity contribution in [1.29, 1.82) is 0 Å². The van der Waals surface area contributed by atoms with Crippen molar-refractivity contribution in [3.63, 3.8) is 0 Å². The Bertz CT molecular complexity index is 943. The van der Waals surface area contributed by atoms with E-state index < -0.39 is 5.63 Å². The van der Waals surface area contributed by atoms with Crippen molar-refractivity contribution in [3.8, 4) is 17.2 Å². The number of phenols is 2. The zero-order valence-corrected chi connectivity index (χ0v) is 12.0. The Hall–Kier alpha value is -2.40. The predicted molar refractivity (Wildman–Crippen MR) is 79.6 cm³/mol. The van der Waals surface area contributed by atoms with Gasteiger partial charge in [0, 0.05) is 22.9 Å². The zero-order chi connectivity index (χ0) is 15.3. The van der Waals surface area contributed by atoms with Gasteiger partial charge < -0.3 is 19.4 Å². The van der Waals surface area contributed by atoms with Crippen molar-refractivity contribution < 1.29 is 19.4 Å². The van der Waals surface area contributed by atoms with Gasteiger partial charge in [0.2, 0.25) is 0 Å². The zero-order valence-electron chi connectivity index (χ0n) is 11.2. The number of phenolic OH excluding ortho intramolecular Hbond substituents is 2. The molecule has 6 heteroatoms. The summed E-state index contributed by atoms with van der Waals surface area (Å²) in [5.41, 5.74) is 0.208. The summed E-state index contributed by atoms with van der Waals surface area (Å²) in [6, 6.07) is 3.99. The molecule has 0 atom stereocenters. The number of aryl methyl sites for hydroxylation is 1. The summed E-state index contributed by atoms with van der Waals surface area (Å²) in [7, 11) is 1.46. The number of fused-ring (bicyclic) bond motifs is 3. The molecule has 21 heavy (non-hydrogen) atoms. The molecule has 0 radical (unpaired) electrons. The minimum atomic E-state index is -0.696. The van der Waals surface area contributed by atoms with Gasteiger partial charge in [-0.05, 0) is 18.6 Å². The average Bonchev–Trinajstić information content (AvgIpc) is 2.41. The third kappa shape index (κ3) is 1.89. The molecule has 0 saturated carbocycles. The summed E-state index contributed by atoms with van der Waals surface area (Å²) in [5.74, 6) is -0.112. The van der Waals surface area contributed by atoms with E-state index in [1.165, 1.54) is 19.2 Å². The van der Waals surface area contributed by atoms with Crippen molar-refractivity contribution in [2.24, 2.45) is 0 Å². The Morgan fingerprint density at radius 3 is 2.57 bits per heavy atom. The van der Waals surface area contributed by atoms with Crippen LogP contribution in [0, 0.1) is 6.92 Å². The van der Waals surface area contributed by atoms with Crippen LogP contribution in [0.3, 0.4) is 0 Å². The van der Waals surface area contributed by atoms with Gasteiger partial charge >= 0.3 is 5.63 Å². The van der Waals surface area contributed by atoms with Gasteiger partial charge in [-0.15, -0.1) is 0 Å². The van der Waals surface area contributed by atoms with Gasteiger partial charge in [0.05, 0.1) is 12.1 Å². The Kier molecular flexibility index (Phi) is 2.95. The van der Waals surface area contributed by atoms with E-state index in [0.717, 1.165) is 6.07 Å². The number of hydrogen-bond donors (Lipinski definition) is 2. The first-order valence-corrected chi connectivity index (χ1v) is 6.47. The molecule has 0 amide bonds. The summed E-state index contributed by atoms with van der Waals surface area (Å²) in [4.78, 5) is 12.0. The number of rotatable bonds is 1. The molecule has 5 nitrogen and oxygen atoms in total. The van der Waals surface area contributed by atoms with Crippen molar-refractivity contribution >= 4 is 33.3 Å². The van der Waals surface area contributed by atoms with Crippen LogP contribution in [0.25, 0.3) is 21.7 Å². The minimum absolute atomic E-state index is 0.00429. The number of hydrogen-bond acceptors (Lipinski definition) is 5. The third-order valence-corrected chi connectivity index (χ3v) is 3.90. The number of ether oxygens (including phenoxy) is 1. The highest BCUT2D eigenvalue weighted by Gasteiger charge is 2.18. The lowest BCUT2D eigenvalue weighted by Gasteiger charge is -2.11. The van der Waals surface area contributed by atoms with Crippen LogP contribution >= 0.6 is 11.6 Å². The second kappa shape index (κ2) is 4.56. The molecular formula is C15H11ClO5. The molecule has 2 aromatic carbocycles. The fourth-order valence-electron chi connectivity index (χ4n) is 2.47. The fraction of sp³-hybridized carbons (Fsp3) is 0.133. The molecule has 0 unspecified atom stereocenters. The molecule has 0 spiro atoms. The highest BCUT2D eigenvalue weighted by atomic mass is 35.5. The van der Waals surface area contributed by atoms with Crippen LogP contribution in [-0.4, -0.2) is 17.3 Å². The smallest absolute Gasteiger partial charge is 0.347 e. The van der Waals surface area contributed by atoms with Gasteiger partial charge in [0.1, 0.15) is 28.2 Å². The van der Waals surface area contributed by atoms with E-state index in [0.29, 0.717) is 27.1 Å². The maximum atomic E-state index is 12.0. The van der Waals surface area contributed by atoms with Crippen LogP contribution in [0.15, 0.2) is 27.4 Å². The van der Waals surface area contributed by atoms with E-state index in [4.69, 9.17) is 20.8 Å². The van der Waals surface area contributed by atoms with Crippen LogP contribution in [0.5, 0.6) is 17.2 Å². The van der Waals surface area contributed by atoms with Crippen LogP contribution < -0.4 is 10.4 Å². The summed E-state index contributed by atoms with van der Waals surface area (Å²) < 4.78 is 10.4. The molecule has 1 heterocycles. The topological polar surface area (TPSA) is 79.9 Å². The summed E-state index contributed by atoms with van der Waals surface area (Å²) in [6.45, 7) is 1.74. The molecule has 0 aliphatic rings. The van der Waals surface area contributed by atoms with Gasteiger partial charge in [-0.1, -0.05) is 11.6 Å². The molecule has 0 saturated heterocycles. The first-order valence-electron chi connectivity index (χ1n) is 6.09. The molecule has 1 aromatic heterocycles. The van der Waals surface area contributed by atoms with E-state index in [-0.39, 0.29) is 22.5 Å². The highest BCUT2D eigenvalue weighted by Crippen LogP contribution is 2.39. The van der Waals surface area contributed by atoms with E-state index in [2.05, 4.69) is 0 Å². The van der Waals surface area contributed by atoms with Gasteiger partial charge in [0.25, 0.3) is 0 Å². The fourth-order valence-corrected chi connectivity index (χ4v) is 2.70. The summed E-state index contributed by atoms with van der Waals surface area (Å²) >= 11 is 6.22. The lowest BCUT2D eigenvalue weighted by atomic mass is 10.0. The molecule has 3 aromatic rings. The SMILES string of the molecule is COc1cc2oc(=O)c3c(O)cc(O)cc3c2c(C)c1Cl. The van der Waals surface area contributed by atoms with E-state index >= 15 is 0 Å². The average molecular weight is 307 g/mol. The van der Waals surface area contributed by atoms with Crippen LogP contribution in [0.2, 0.25) is 5.02 Å². The summed E-state index contributed by atoms with van der Waals surface area (Å²) in [6.07, 6.45) is 0. The molecule has 0 aliphatic heterocycles. The minimum Gasteiger partial charge on any atom is -0.508 e. The maximum Gasteiger partial charge on any atom is 0.347 e. The number of halogens is 1. The van der Waals surface area contributed by atoms with Crippen molar-refractivity contribution in [1.82, 2.24) is 0 Å². The van der Waals surface area contributed by atoms with Crippen LogP contribution in [-0.2, 0) is 0 Å². The number of aromatic hydroxyl groups is 2. The van der Waals surface area contributed by atoms with Gasteiger partial charge in [0.15, 0.2) is 0 Å². The molecule has 3 rings (SSSR count). The van der Waals surface area contributed by atoms with Crippen molar-refractivity contribution in [2.75, 3.05) is 7.11 Å². The van der Waals surface area contributed by atoms with Gasteiger partial charge in [-0.25, -0.2) is 4.79 Å². The Morgan fingerprint density at radius 1 is 1.19 bits per heavy atom. The normalized spacial score (nSPS) is 11.2. The summed E-state index contributed by atoms with van der Waals surface area (Å²) in [5, 5.41) is 20.8. The van der Waals surface area contributed by atoms with Gasteiger partial charge in [-0.3, -0.25) is 0 Å². The molecule has 2 N–H and O–H groups in total. The Morgan fingerprint density at radius 2 is 1.90 bits per heavy atom. The first-order chi connectivity index (χ1) is 9.93. The second-order valence-corrected chi connectivity index (χ2v) is 5.05. The van der Waals surface area contributed by atoms with Crippen molar-refractivity contribution in [3.05, 3.63) is 39.2 Å². The van der Waals surface area contributed by atoms with Gasteiger partial charge in [-0.2, -0.15) is 0 Å². The molecule has 0 fully saturated rings. The van der Waals surface area contributed by atoms with E-state index in [9.17, 15) is 15.0 Å². The lowest BCUT2D eigenvalue weighted by Crippen LogP contribution is -2.01. The lowest BCUT2D eigenvalue weighted by molar-refractivity contribution is 0.414. The quantitative estimate of drug-likeness (QED) is 0.532. The van der Waals surface area contributed by atoms with Crippen molar-refractivity contribution in [2.45, 2.75) is 6.92 Å². The highest BCUT2D eigenvalue weighted by molar-refractivity contribution is 6.34. The van der Waals surface area contributed by atoms with Crippen LogP contribution in [0.1, 0.15) is 5.56 Å². The number of benzene rings is 2. The third-order valence-electron chi connectivity index (χ3n) is 3.43. The largest absolute Gasteiger partial charge is 0.508 e. The maximum absolute atomic E-state index is 12.0. The van der Waals surface area contributed by atoms with E-state index in [1.54, 1.807) is 6.92 Å². The van der Waals surface area contributed by atoms with Crippen LogP contribution in [0.4, 0.5) is 0 Å². The molecule has 0 aliphatic carbocycles. The molecule has 108 valence electrons. The Balaban J connectivity index is 2.66. The first kappa shape index (κ1) is 13.6. The number of methoxy groups -OCH3 is 1. The standard InChI is InChI=1S/C15H11ClO5/c1-6-12-8-3-7(17)4-9(18)13(8)15(19)21-10(12)5-11(20-2)14(6)16/h3-5,17-18H,1-2H3. The molecule has 0 bridgehead atoms. The monoisotopic (exact) mass is 306 g/mol. The second-order valence-electron chi connectivity index (χ2n) is 4.67. The predicted octanol–water partition coefficient (Wildman–Crippen LogP) is 3.33. The molecular weight excluding hydrogens is 296 g/mol. The Labute approximate surface area is 123 Å².